The van der Waals surface area contributed by atoms with E-state index < -0.39 is 17.9 Å². The molecule has 0 N–H and O–H groups in total. The molecule has 0 aromatic heterocycles. The average molecular weight is 467 g/mol. The Morgan fingerprint density at radius 3 is 1.00 bits per heavy atom. The Kier molecular flexibility index (Phi) is 48.8. The van der Waals surface area contributed by atoms with E-state index in [-0.39, 0.29) is 95.1 Å². The maximum absolute atomic E-state index is 10.2. The standard InChI is InChI=1S/C18H36O2.C4H4O4.3Na/c1-2-3-4-5-6-7-8-9-10-11-12-13-14-15-16-17-18(19)20;5-3(6)1-2-4(7)8;;;/h2-17H2,1H3,(H,19,20);1-2H,(H,5,6)(H,7,8);;;/q;;3*+1/p-3/b;2-1+;;;. The first kappa shape index (κ1) is 42.3. The number of hydrogen-bond donors (Lipinski definition) is 0. The molecule has 0 saturated heterocycles. The van der Waals surface area contributed by atoms with Crippen molar-refractivity contribution in [2.24, 2.45) is 0 Å². The summed E-state index contributed by atoms with van der Waals surface area (Å²) >= 11 is 0. The predicted molar refractivity (Wildman–Crippen MR) is 104 cm³/mol. The third kappa shape index (κ3) is 49.4. The number of carbonyl (C=O) groups is 3. The minimum absolute atomic E-state index is 0. The number of unbranched alkanes of at least 4 members (excludes halogenated alkanes) is 14. The Labute approximate surface area is 255 Å². The first-order valence-electron chi connectivity index (χ1n) is 10.7. The van der Waals surface area contributed by atoms with Crippen molar-refractivity contribution in [2.45, 2.75) is 110 Å². The van der Waals surface area contributed by atoms with Crippen molar-refractivity contribution in [3.05, 3.63) is 12.2 Å². The van der Waals surface area contributed by atoms with Crippen LogP contribution in [-0.4, -0.2) is 17.9 Å². The summed E-state index contributed by atoms with van der Waals surface area (Å²) in [5.74, 6) is -4.00. The van der Waals surface area contributed by atoms with Crippen molar-refractivity contribution < 1.29 is 118 Å². The molecular weight excluding hydrogens is 429 g/mol. The first-order chi connectivity index (χ1) is 13.4. The summed E-state index contributed by atoms with van der Waals surface area (Å²) in [5.41, 5.74) is 0. The second-order valence-corrected chi connectivity index (χ2v) is 7.04. The molecule has 0 rings (SSSR count). The minimum Gasteiger partial charge on any atom is -0.550 e. The van der Waals surface area contributed by atoms with Gasteiger partial charge < -0.3 is 29.7 Å². The first-order valence-corrected chi connectivity index (χ1v) is 10.7. The van der Waals surface area contributed by atoms with E-state index in [4.69, 9.17) is 0 Å². The number of carbonyl (C=O) groups excluding carboxylic acids is 3. The molecule has 6 nitrogen and oxygen atoms in total. The zero-order valence-corrected chi connectivity index (χ0v) is 26.4. The van der Waals surface area contributed by atoms with E-state index in [1.54, 1.807) is 0 Å². The molecule has 0 bridgehead atoms. The van der Waals surface area contributed by atoms with Gasteiger partial charge in [-0.05, 0) is 25.0 Å². The largest absolute Gasteiger partial charge is 1.00 e. The van der Waals surface area contributed by atoms with Crippen LogP contribution in [0.15, 0.2) is 12.2 Å². The Morgan fingerprint density at radius 1 is 0.516 bits per heavy atom. The Bertz CT molecular complexity index is 415. The quantitative estimate of drug-likeness (QED) is 0.113. The van der Waals surface area contributed by atoms with Crippen LogP contribution in [0.25, 0.3) is 0 Å². The summed E-state index contributed by atoms with van der Waals surface area (Å²) in [6.07, 6.45) is 20.6. The van der Waals surface area contributed by atoms with Crippen molar-refractivity contribution in [1.82, 2.24) is 0 Å². The van der Waals surface area contributed by atoms with Crippen molar-refractivity contribution >= 4 is 17.9 Å². The molecule has 0 aliphatic carbocycles. The van der Waals surface area contributed by atoms with Crippen LogP contribution in [0, 0.1) is 0 Å². The smallest absolute Gasteiger partial charge is 0.550 e. The van der Waals surface area contributed by atoms with E-state index in [0.29, 0.717) is 12.2 Å². The number of carboxylic acids is 3. The van der Waals surface area contributed by atoms with Gasteiger partial charge in [-0.15, -0.1) is 0 Å². The zero-order valence-electron chi connectivity index (χ0n) is 20.4. The zero-order chi connectivity index (χ0) is 21.5. The molecule has 0 radical (unpaired) electrons. The summed E-state index contributed by atoms with van der Waals surface area (Å²) in [6, 6.07) is 0. The summed E-state index contributed by atoms with van der Waals surface area (Å²) < 4.78 is 0. The second-order valence-electron chi connectivity index (χ2n) is 7.04. The number of aliphatic carboxylic acids is 3. The van der Waals surface area contributed by atoms with Crippen molar-refractivity contribution in [3.8, 4) is 0 Å². The third-order valence-electron chi connectivity index (χ3n) is 4.34. The topological polar surface area (TPSA) is 120 Å². The third-order valence-corrected chi connectivity index (χ3v) is 4.34. The van der Waals surface area contributed by atoms with Gasteiger partial charge in [0.25, 0.3) is 0 Å². The van der Waals surface area contributed by atoms with E-state index in [1.165, 1.54) is 83.5 Å². The molecule has 0 aliphatic heterocycles. The summed E-state index contributed by atoms with van der Waals surface area (Å²) in [4.78, 5) is 29.1. The molecule has 9 heteroatoms. The molecule has 0 unspecified atom stereocenters. The van der Waals surface area contributed by atoms with Crippen LogP contribution in [0.4, 0.5) is 0 Å². The Morgan fingerprint density at radius 2 is 0.774 bits per heavy atom. The van der Waals surface area contributed by atoms with Crippen molar-refractivity contribution in [1.29, 1.82) is 0 Å². The van der Waals surface area contributed by atoms with Crippen LogP contribution in [-0.2, 0) is 14.4 Å². The fourth-order valence-corrected chi connectivity index (χ4v) is 2.78. The Balaban J connectivity index is -0.000000176. The van der Waals surface area contributed by atoms with Gasteiger partial charge in [-0.1, -0.05) is 96.8 Å². The summed E-state index contributed by atoms with van der Waals surface area (Å²) in [5, 5.41) is 29.1. The van der Waals surface area contributed by atoms with E-state index in [2.05, 4.69) is 6.92 Å². The second kappa shape index (κ2) is 35.7. The number of hydrogen-bond acceptors (Lipinski definition) is 6. The van der Waals surface area contributed by atoms with E-state index >= 15 is 0 Å². The van der Waals surface area contributed by atoms with Gasteiger partial charge in [0, 0.05) is 5.97 Å². The van der Waals surface area contributed by atoms with E-state index in [1.807, 2.05) is 0 Å². The molecule has 31 heavy (non-hydrogen) atoms. The van der Waals surface area contributed by atoms with E-state index in [0.717, 1.165) is 12.8 Å². The molecule has 0 amide bonds. The van der Waals surface area contributed by atoms with Crippen LogP contribution in [0.2, 0.25) is 0 Å². The van der Waals surface area contributed by atoms with Crippen LogP contribution in [0.1, 0.15) is 110 Å². The fraction of sp³-hybridized carbons (Fsp3) is 0.773. The predicted octanol–water partition coefficient (Wildman–Crippen LogP) is -6.95. The maximum atomic E-state index is 10.2. The molecule has 0 aliphatic rings. The molecule has 0 aromatic rings. The monoisotopic (exact) mass is 466 g/mol. The van der Waals surface area contributed by atoms with Crippen LogP contribution >= 0.6 is 0 Å². The van der Waals surface area contributed by atoms with Crippen molar-refractivity contribution in [2.75, 3.05) is 0 Å². The van der Waals surface area contributed by atoms with Crippen LogP contribution in [0.3, 0.4) is 0 Å². The van der Waals surface area contributed by atoms with E-state index in [9.17, 15) is 29.7 Å². The molecule has 0 saturated carbocycles. The summed E-state index contributed by atoms with van der Waals surface area (Å²) in [6.45, 7) is 2.27. The average Bonchev–Trinajstić information content (AvgIpc) is 2.63. The molecule has 0 heterocycles. The molecular formula is C22H37Na3O6. The van der Waals surface area contributed by atoms with Gasteiger partial charge >= 0.3 is 88.7 Å². The van der Waals surface area contributed by atoms with Gasteiger partial charge in [0.05, 0.1) is 11.9 Å². The molecule has 0 spiro atoms. The van der Waals surface area contributed by atoms with Gasteiger partial charge in [0.15, 0.2) is 0 Å². The fourth-order valence-electron chi connectivity index (χ4n) is 2.78. The SMILES string of the molecule is CCCCCCCCCCCCCCCCCC(=O)[O-].O=C([O-])/C=C/C(=O)[O-].[Na+].[Na+].[Na+]. The number of rotatable bonds is 18. The molecule has 0 fully saturated rings. The summed E-state index contributed by atoms with van der Waals surface area (Å²) in [7, 11) is 0. The van der Waals surface area contributed by atoms with Gasteiger partial charge in [0.2, 0.25) is 0 Å². The Hall–Kier alpha value is 1.15. The molecule has 164 valence electrons. The molecule has 0 atom stereocenters. The van der Waals surface area contributed by atoms with Crippen LogP contribution < -0.4 is 104 Å². The normalized spacial score (nSPS) is 9.45. The van der Waals surface area contributed by atoms with Crippen molar-refractivity contribution in [3.63, 3.8) is 0 Å². The van der Waals surface area contributed by atoms with Crippen LogP contribution in [0.5, 0.6) is 0 Å². The molecule has 0 aromatic carbocycles. The van der Waals surface area contributed by atoms with Gasteiger partial charge in [-0.3, -0.25) is 0 Å². The van der Waals surface area contributed by atoms with Gasteiger partial charge in [-0.25, -0.2) is 0 Å². The van der Waals surface area contributed by atoms with Gasteiger partial charge in [0.1, 0.15) is 0 Å². The maximum Gasteiger partial charge on any atom is 1.00 e. The number of carboxylic acid groups (broad SMARTS) is 3. The van der Waals surface area contributed by atoms with Gasteiger partial charge in [-0.2, -0.15) is 0 Å². The minimum atomic E-state index is -1.55.